The van der Waals surface area contributed by atoms with Gasteiger partial charge in [0.15, 0.2) is 5.16 Å². The molecule has 0 aliphatic heterocycles. The largest absolute Gasteiger partial charge is 0.325 e. The van der Waals surface area contributed by atoms with Crippen molar-refractivity contribution >= 4 is 23.4 Å². The number of hydrogen-bond acceptors (Lipinski definition) is 4. The molecule has 1 saturated carbocycles. The van der Waals surface area contributed by atoms with E-state index in [4.69, 9.17) is 0 Å². The maximum absolute atomic E-state index is 12.3. The van der Waals surface area contributed by atoms with Gasteiger partial charge in [-0.2, -0.15) is 0 Å². The Kier molecular flexibility index (Phi) is 5.23. The van der Waals surface area contributed by atoms with Gasteiger partial charge in [0, 0.05) is 18.2 Å². The van der Waals surface area contributed by atoms with Crippen LogP contribution in [0.25, 0.3) is 0 Å². The van der Waals surface area contributed by atoms with Crippen LogP contribution in [0.5, 0.6) is 0 Å². The molecule has 0 radical (unpaired) electrons. The number of rotatable bonds is 7. The number of aryl methyl sites for hydroxylation is 2. The van der Waals surface area contributed by atoms with Gasteiger partial charge in [-0.25, -0.2) is 0 Å². The first-order chi connectivity index (χ1) is 11.6. The maximum atomic E-state index is 12.3. The smallest absolute Gasteiger partial charge is 0.234 e. The minimum atomic E-state index is -0.00674. The second-order valence-corrected chi connectivity index (χ2v) is 7.36. The summed E-state index contributed by atoms with van der Waals surface area (Å²) < 4.78 is 2.19. The summed E-state index contributed by atoms with van der Waals surface area (Å²) in [6.07, 6.45) is 3.46. The molecule has 1 N–H and O–H groups in total. The molecule has 1 aliphatic rings. The summed E-state index contributed by atoms with van der Waals surface area (Å²) in [5.74, 6) is 2.00. The summed E-state index contributed by atoms with van der Waals surface area (Å²) in [4.78, 5) is 12.3. The molecule has 1 fully saturated rings. The molecular weight excluding hydrogens is 320 g/mol. The first-order valence-electron chi connectivity index (χ1n) is 8.51. The molecule has 24 heavy (non-hydrogen) atoms. The Bertz CT molecular complexity index is 737. The Morgan fingerprint density at radius 2 is 2.12 bits per heavy atom. The van der Waals surface area contributed by atoms with E-state index in [0.29, 0.717) is 11.7 Å². The topological polar surface area (TPSA) is 59.8 Å². The highest BCUT2D eigenvalue weighted by Crippen LogP contribution is 2.40. The molecule has 1 aromatic heterocycles. The van der Waals surface area contributed by atoms with E-state index in [-0.39, 0.29) is 5.91 Å². The van der Waals surface area contributed by atoms with Crippen molar-refractivity contribution in [2.75, 3.05) is 11.1 Å². The van der Waals surface area contributed by atoms with Gasteiger partial charge in [-0.15, -0.1) is 10.2 Å². The average molecular weight is 344 g/mol. The van der Waals surface area contributed by atoms with E-state index in [9.17, 15) is 4.79 Å². The number of carbonyl (C=O) groups excluding carboxylic acids is 1. The van der Waals surface area contributed by atoms with Gasteiger partial charge < -0.3 is 9.88 Å². The van der Waals surface area contributed by atoms with E-state index in [2.05, 4.69) is 27.0 Å². The van der Waals surface area contributed by atoms with E-state index < -0.39 is 0 Å². The summed E-state index contributed by atoms with van der Waals surface area (Å²) >= 11 is 1.47. The molecule has 0 unspecified atom stereocenters. The molecule has 1 amide bonds. The van der Waals surface area contributed by atoms with Crippen molar-refractivity contribution in [3.05, 3.63) is 35.2 Å². The number of thioether (sulfide) groups is 1. The van der Waals surface area contributed by atoms with Gasteiger partial charge in [-0.1, -0.05) is 30.8 Å². The number of amides is 1. The van der Waals surface area contributed by atoms with E-state index in [1.165, 1.54) is 24.6 Å². The van der Waals surface area contributed by atoms with Crippen LogP contribution in [0, 0.1) is 13.8 Å². The molecule has 3 rings (SSSR count). The monoisotopic (exact) mass is 344 g/mol. The van der Waals surface area contributed by atoms with Gasteiger partial charge in [0.05, 0.1) is 5.75 Å². The standard InChI is InChI=1S/C18H24N4OS/c1-4-9-22-17(14-7-8-14)20-21-18(22)24-11-16(23)19-15-10-12(2)5-6-13(15)3/h5-6,10,14H,4,7-9,11H2,1-3H3,(H,19,23). The van der Waals surface area contributed by atoms with Crippen molar-refractivity contribution in [2.24, 2.45) is 0 Å². The number of hydrogen-bond donors (Lipinski definition) is 1. The lowest BCUT2D eigenvalue weighted by Gasteiger charge is -2.10. The molecule has 0 spiro atoms. The fraction of sp³-hybridized carbons (Fsp3) is 0.500. The molecule has 1 aromatic carbocycles. The lowest BCUT2D eigenvalue weighted by atomic mass is 10.1. The molecule has 1 heterocycles. The zero-order valence-electron chi connectivity index (χ0n) is 14.5. The zero-order chi connectivity index (χ0) is 17.1. The van der Waals surface area contributed by atoms with Crippen LogP contribution in [-0.4, -0.2) is 26.4 Å². The SMILES string of the molecule is CCCn1c(SCC(=O)Nc2cc(C)ccc2C)nnc1C1CC1. The molecule has 2 aromatic rings. The zero-order valence-corrected chi connectivity index (χ0v) is 15.3. The van der Waals surface area contributed by atoms with E-state index in [0.717, 1.165) is 40.8 Å². The molecule has 1 aliphatic carbocycles. The number of aromatic nitrogens is 3. The van der Waals surface area contributed by atoms with Crippen LogP contribution in [0.1, 0.15) is 49.1 Å². The fourth-order valence-corrected chi connectivity index (χ4v) is 3.44. The van der Waals surface area contributed by atoms with Crippen LogP contribution < -0.4 is 5.32 Å². The summed E-state index contributed by atoms with van der Waals surface area (Å²) in [6, 6.07) is 6.08. The summed E-state index contributed by atoms with van der Waals surface area (Å²) in [6.45, 7) is 7.09. The van der Waals surface area contributed by atoms with Gasteiger partial charge in [0.2, 0.25) is 5.91 Å². The number of nitrogens with one attached hydrogen (secondary N) is 1. The highest BCUT2D eigenvalue weighted by atomic mass is 32.2. The fourth-order valence-electron chi connectivity index (χ4n) is 2.67. The van der Waals surface area contributed by atoms with Gasteiger partial charge in [-0.05, 0) is 50.3 Å². The highest BCUT2D eigenvalue weighted by molar-refractivity contribution is 7.99. The van der Waals surface area contributed by atoms with Crippen LogP contribution in [0.15, 0.2) is 23.4 Å². The molecule has 0 bridgehead atoms. The predicted molar refractivity (Wildman–Crippen MR) is 97.6 cm³/mol. The van der Waals surface area contributed by atoms with Gasteiger partial charge in [0.25, 0.3) is 0 Å². The van der Waals surface area contributed by atoms with Crippen LogP contribution in [0.2, 0.25) is 0 Å². The lowest BCUT2D eigenvalue weighted by molar-refractivity contribution is -0.113. The molecule has 128 valence electrons. The van der Waals surface area contributed by atoms with Crippen molar-refractivity contribution in [3.8, 4) is 0 Å². The average Bonchev–Trinajstić information content (AvgIpc) is 3.32. The Balaban J connectivity index is 1.63. The number of carbonyl (C=O) groups is 1. The second kappa shape index (κ2) is 7.38. The third kappa shape index (κ3) is 3.98. The Morgan fingerprint density at radius 1 is 1.33 bits per heavy atom. The Labute approximate surface area is 147 Å². The van der Waals surface area contributed by atoms with Crippen LogP contribution >= 0.6 is 11.8 Å². The Morgan fingerprint density at radius 3 is 2.83 bits per heavy atom. The third-order valence-corrected chi connectivity index (χ3v) is 5.10. The lowest BCUT2D eigenvalue weighted by Crippen LogP contribution is -2.15. The minimum Gasteiger partial charge on any atom is -0.325 e. The van der Waals surface area contributed by atoms with E-state index in [1.54, 1.807) is 0 Å². The molecular formula is C18H24N4OS. The first kappa shape index (κ1) is 17.0. The third-order valence-electron chi connectivity index (χ3n) is 4.13. The summed E-state index contributed by atoms with van der Waals surface area (Å²) in [5, 5.41) is 12.5. The predicted octanol–water partition coefficient (Wildman–Crippen LogP) is 3.91. The van der Waals surface area contributed by atoms with Crippen LogP contribution in [-0.2, 0) is 11.3 Å². The Hall–Kier alpha value is -1.82. The van der Waals surface area contributed by atoms with Crippen molar-refractivity contribution in [1.29, 1.82) is 0 Å². The normalized spacial score (nSPS) is 14.0. The summed E-state index contributed by atoms with van der Waals surface area (Å²) in [5.41, 5.74) is 3.10. The van der Waals surface area contributed by atoms with E-state index >= 15 is 0 Å². The molecule has 5 nitrogen and oxygen atoms in total. The number of nitrogens with zero attached hydrogens (tertiary/aromatic N) is 3. The van der Waals surface area contributed by atoms with Gasteiger partial charge in [-0.3, -0.25) is 4.79 Å². The van der Waals surface area contributed by atoms with Crippen molar-refractivity contribution in [3.63, 3.8) is 0 Å². The molecule has 0 atom stereocenters. The van der Waals surface area contributed by atoms with Gasteiger partial charge >= 0.3 is 0 Å². The maximum Gasteiger partial charge on any atom is 0.234 e. The van der Waals surface area contributed by atoms with E-state index in [1.807, 2.05) is 32.0 Å². The molecule has 0 saturated heterocycles. The van der Waals surface area contributed by atoms with Crippen LogP contribution in [0.4, 0.5) is 5.69 Å². The summed E-state index contributed by atoms with van der Waals surface area (Å²) in [7, 11) is 0. The first-order valence-corrected chi connectivity index (χ1v) is 9.50. The number of benzene rings is 1. The second-order valence-electron chi connectivity index (χ2n) is 6.42. The number of anilines is 1. The van der Waals surface area contributed by atoms with Crippen molar-refractivity contribution < 1.29 is 4.79 Å². The minimum absolute atomic E-state index is 0.00674. The quantitative estimate of drug-likeness (QED) is 0.774. The van der Waals surface area contributed by atoms with Crippen LogP contribution in [0.3, 0.4) is 0 Å². The highest BCUT2D eigenvalue weighted by Gasteiger charge is 2.30. The van der Waals surface area contributed by atoms with Crippen molar-refractivity contribution in [1.82, 2.24) is 14.8 Å². The van der Waals surface area contributed by atoms with Gasteiger partial charge in [0.1, 0.15) is 5.82 Å². The molecule has 6 heteroatoms. The van der Waals surface area contributed by atoms with Crippen molar-refractivity contribution in [2.45, 2.75) is 57.7 Å².